The average molecular weight is 384 g/mol. The second-order valence-electron chi connectivity index (χ2n) is 7.00. The van der Waals surface area contributed by atoms with Crippen molar-refractivity contribution in [2.75, 3.05) is 45.9 Å². The normalized spacial score (nSPS) is 22.4. The van der Waals surface area contributed by atoms with Gasteiger partial charge in [0.2, 0.25) is 0 Å². The van der Waals surface area contributed by atoms with E-state index in [9.17, 15) is 9.18 Å². The number of halogens is 2. The Morgan fingerprint density at radius 1 is 1.27 bits per heavy atom. The molecule has 1 unspecified atom stereocenters. The molecule has 2 saturated heterocycles. The first-order valence-electron chi connectivity index (χ1n) is 9.39. The lowest BCUT2D eigenvalue weighted by Crippen LogP contribution is -2.55. The molecule has 0 aromatic heterocycles. The van der Waals surface area contributed by atoms with Crippen molar-refractivity contribution in [2.24, 2.45) is 0 Å². The number of carbonyl (C=O) groups excluding carboxylic acids is 1. The lowest BCUT2D eigenvalue weighted by atomic mass is 10.0. The number of ether oxygens (including phenoxy) is 1. The van der Waals surface area contributed by atoms with Gasteiger partial charge in [-0.05, 0) is 44.0 Å². The van der Waals surface area contributed by atoms with Gasteiger partial charge in [-0.25, -0.2) is 9.18 Å². The van der Waals surface area contributed by atoms with Crippen molar-refractivity contribution >= 4 is 17.7 Å². The van der Waals surface area contributed by atoms with Gasteiger partial charge in [0.05, 0.1) is 11.6 Å². The summed E-state index contributed by atoms with van der Waals surface area (Å²) in [5, 5.41) is 0.171. The maximum Gasteiger partial charge on any atom is 0.409 e. The van der Waals surface area contributed by atoms with Gasteiger partial charge in [-0.1, -0.05) is 17.7 Å². The van der Waals surface area contributed by atoms with Crippen LogP contribution in [0.3, 0.4) is 0 Å². The molecule has 26 heavy (non-hydrogen) atoms. The Morgan fingerprint density at radius 2 is 2.04 bits per heavy atom. The Kier molecular flexibility index (Phi) is 6.73. The van der Waals surface area contributed by atoms with Crippen molar-refractivity contribution in [3.05, 3.63) is 34.6 Å². The zero-order valence-corrected chi connectivity index (χ0v) is 16.1. The summed E-state index contributed by atoms with van der Waals surface area (Å²) in [4.78, 5) is 18.5. The smallest absolute Gasteiger partial charge is 0.409 e. The molecule has 2 aliphatic heterocycles. The second kappa shape index (κ2) is 9.02. The predicted molar refractivity (Wildman–Crippen MR) is 99.9 cm³/mol. The Morgan fingerprint density at radius 3 is 2.73 bits per heavy atom. The van der Waals surface area contributed by atoms with E-state index in [0.29, 0.717) is 12.6 Å². The van der Waals surface area contributed by atoms with Crippen LogP contribution in [-0.2, 0) is 11.3 Å². The highest BCUT2D eigenvalue weighted by Crippen LogP contribution is 2.21. The largest absolute Gasteiger partial charge is 0.450 e. The SMILES string of the molecule is CCOC(=O)N1CCN(C2CCCN(Cc3ccc(Cl)c(F)c3)C2)CC1. The summed E-state index contributed by atoms with van der Waals surface area (Å²) in [5.74, 6) is -0.354. The molecule has 0 saturated carbocycles. The third-order valence-electron chi connectivity index (χ3n) is 5.23. The fourth-order valence-electron chi connectivity index (χ4n) is 3.85. The standard InChI is InChI=1S/C19H27ClFN3O2/c1-2-26-19(25)24-10-8-23(9-11-24)16-4-3-7-22(14-16)13-15-5-6-17(20)18(21)12-15/h5-6,12,16H,2-4,7-11,13-14H2,1H3. The van der Waals surface area contributed by atoms with Crippen LogP contribution in [0.4, 0.5) is 9.18 Å². The number of amides is 1. The first kappa shape index (κ1) is 19.4. The van der Waals surface area contributed by atoms with E-state index in [4.69, 9.17) is 16.3 Å². The van der Waals surface area contributed by atoms with Gasteiger partial charge in [0.15, 0.2) is 0 Å². The third-order valence-corrected chi connectivity index (χ3v) is 5.53. The molecule has 0 aliphatic carbocycles. The summed E-state index contributed by atoms with van der Waals surface area (Å²) < 4.78 is 18.7. The summed E-state index contributed by atoms with van der Waals surface area (Å²) in [6.45, 7) is 8.20. The van der Waals surface area contributed by atoms with Crippen molar-refractivity contribution in [1.82, 2.24) is 14.7 Å². The molecule has 3 rings (SSSR count). The molecule has 2 fully saturated rings. The highest BCUT2D eigenvalue weighted by atomic mass is 35.5. The third kappa shape index (κ3) is 4.87. The van der Waals surface area contributed by atoms with Crippen LogP contribution in [0.15, 0.2) is 18.2 Å². The molecule has 5 nitrogen and oxygen atoms in total. The van der Waals surface area contributed by atoms with Crippen molar-refractivity contribution in [3.8, 4) is 0 Å². The van der Waals surface area contributed by atoms with Crippen molar-refractivity contribution in [1.29, 1.82) is 0 Å². The van der Waals surface area contributed by atoms with E-state index in [2.05, 4.69) is 9.80 Å². The van der Waals surface area contributed by atoms with E-state index >= 15 is 0 Å². The fraction of sp³-hybridized carbons (Fsp3) is 0.632. The molecule has 2 aliphatic rings. The first-order valence-corrected chi connectivity index (χ1v) is 9.76. The second-order valence-corrected chi connectivity index (χ2v) is 7.41. The molecular formula is C19H27ClFN3O2. The summed E-state index contributed by atoms with van der Waals surface area (Å²) in [6, 6.07) is 5.55. The monoisotopic (exact) mass is 383 g/mol. The van der Waals surface area contributed by atoms with E-state index < -0.39 is 0 Å². The topological polar surface area (TPSA) is 36.0 Å². The lowest BCUT2D eigenvalue weighted by Gasteiger charge is -2.43. The summed E-state index contributed by atoms with van der Waals surface area (Å²) in [5.41, 5.74) is 0.958. The fourth-order valence-corrected chi connectivity index (χ4v) is 3.97. The predicted octanol–water partition coefficient (Wildman–Crippen LogP) is 3.22. The minimum atomic E-state index is -0.354. The van der Waals surface area contributed by atoms with Gasteiger partial charge in [-0.15, -0.1) is 0 Å². The molecule has 0 spiro atoms. The summed E-state index contributed by atoms with van der Waals surface area (Å²) in [7, 11) is 0. The van der Waals surface area contributed by atoms with Gasteiger partial charge in [0.1, 0.15) is 5.82 Å². The number of piperidine rings is 1. The number of benzene rings is 1. The minimum Gasteiger partial charge on any atom is -0.450 e. The van der Waals surface area contributed by atoms with Crippen LogP contribution in [0, 0.1) is 5.82 Å². The number of hydrogen-bond donors (Lipinski definition) is 0. The Balaban J connectivity index is 1.51. The van der Waals surface area contributed by atoms with Crippen molar-refractivity contribution in [3.63, 3.8) is 0 Å². The zero-order valence-electron chi connectivity index (χ0n) is 15.3. The molecule has 2 heterocycles. The Hall–Kier alpha value is -1.37. The van der Waals surface area contributed by atoms with E-state index in [0.717, 1.165) is 57.8 Å². The van der Waals surface area contributed by atoms with Gasteiger partial charge in [0, 0.05) is 45.3 Å². The van der Waals surface area contributed by atoms with Gasteiger partial charge in [-0.3, -0.25) is 9.80 Å². The van der Waals surface area contributed by atoms with Crippen LogP contribution in [0.5, 0.6) is 0 Å². The average Bonchev–Trinajstić information content (AvgIpc) is 2.65. The van der Waals surface area contributed by atoms with Crippen molar-refractivity contribution < 1.29 is 13.9 Å². The molecule has 7 heteroatoms. The minimum absolute atomic E-state index is 0.171. The van der Waals surface area contributed by atoms with E-state index in [1.54, 1.807) is 11.0 Å². The van der Waals surface area contributed by atoms with Crippen molar-refractivity contribution in [2.45, 2.75) is 32.4 Å². The lowest BCUT2D eigenvalue weighted by molar-refractivity contribution is 0.0412. The van der Waals surface area contributed by atoms with Crippen LogP contribution < -0.4 is 0 Å². The number of rotatable bonds is 4. The summed E-state index contributed by atoms with van der Waals surface area (Å²) in [6.07, 6.45) is 2.10. The molecular weight excluding hydrogens is 357 g/mol. The van der Waals surface area contributed by atoms with E-state index in [1.807, 2.05) is 13.0 Å². The molecule has 1 atom stereocenters. The maximum atomic E-state index is 13.7. The zero-order chi connectivity index (χ0) is 18.5. The van der Waals surface area contributed by atoms with Crippen LogP contribution in [0.25, 0.3) is 0 Å². The van der Waals surface area contributed by atoms with Crippen LogP contribution in [0.2, 0.25) is 5.02 Å². The Bertz CT molecular complexity index is 623. The first-order chi connectivity index (χ1) is 12.6. The maximum absolute atomic E-state index is 13.7. The highest BCUT2D eigenvalue weighted by Gasteiger charge is 2.29. The molecule has 144 valence electrons. The van der Waals surface area contributed by atoms with E-state index in [-0.39, 0.29) is 16.9 Å². The number of carbonyl (C=O) groups is 1. The van der Waals surface area contributed by atoms with Gasteiger partial charge in [0.25, 0.3) is 0 Å². The number of nitrogens with zero attached hydrogens (tertiary/aromatic N) is 3. The number of likely N-dealkylation sites (tertiary alicyclic amines) is 1. The van der Waals surface area contributed by atoms with Gasteiger partial charge >= 0.3 is 6.09 Å². The molecule has 0 radical (unpaired) electrons. The summed E-state index contributed by atoms with van der Waals surface area (Å²) >= 11 is 5.77. The molecule has 1 aromatic carbocycles. The molecule has 0 N–H and O–H groups in total. The van der Waals surface area contributed by atoms with Gasteiger partial charge < -0.3 is 9.64 Å². The van der Waals surface area contributed by atoms with Gasteiger partial charge in [-0.2, -0.15) is 0 Å². The van der Waals surface area contributed by atoms with Crippen LogP contribution in [0.1, 0.15) is 25.3 Å². The highest BCUT2D eigenvalue weighted by molar-refractivity contribution is 6.30. The molecule has 0 bridgehead atoms. The van der Waals surface area contributed by atoms with Crippen LogP contribution in [-0.4, -0.2) is 72.7 Å². The number of piperazine rings is 1. The van der Waals surface area contributed by atoms with E-state index in [1.165, 1.54) is 12.5 Å². The molecule has 1 aromatic rings. The van der Waals surface area contributed by atoms with Crippen LogP contribution >= 0.6 is 11.6 Å². The Labute approximate surface area is 159 Å². The quantitative estimate of drug-likeness (QED) is 0.799. The number of hydrogen-bond acceptors (Lipinski definition) is 4. The molecule has 1 amide bonds.